The Labute approximate surface area is 184 Å². The summed E-state index contributed by atoms with van der Waals surface area (Å²) in [5.41, 5.74) is 1.76. The molecule has 1 aromatic carbocycles. The quantitative estimate of drug-likeness (QED) is 0.558. The number of methoxy groups -OCH3 is 1. The third-order valence-corrected chi connectivity index (χ3v) is 7.04. The van der Waals surface area contributed by atoms with Crippen LogP contribution in [-0.2, 0) is 4.74 Å². The lowest BCUT2D eigenvalue weighted by molar-refractivity contribution is 0.0629. The molecule has 1 saturated heterocycles. The van der Waals surface area contributed by atoms with E-state index < -0.39 is 0 Å². The van der Waals surface area contributed by atoms with Crippen molar-refractivity contribution in [2.45, 2.75) is 34.9 Å². The molecule has 0 bridgehead atoms. The number of thiazole rings is 1. The van der Waals surface area contributed by atoms with E-state index in [9.17, 15) is 4.79 Å². The second-order valence-electron chi connectivity index (χ2n) is 7.15. The van der Waals surface area contributed by atoms with Gasteiger partial charge in [-0.25, -0.2) is 9.97 Å². The summed E-state index contributed by atoms with van der Waals surface area (Å²) in [4.78, 5) is 24.9. The highest BCUT2D eigenvalue weighted by Gasteiger charge is 2.30. The Bertz CT molecular complexity index is 1010. The number of carbonyl (C=O) groups is 1. The molecule has 1 aliphatic heterocycles. The molecule has 156 valence electrons. The van der Waals surface area contributed by atoms with Crippen LogP contribution in [-0.4, -0.2) is 47.1 Å². The molecule has 0 unspecified atom stereocenters. The van der Waals surface area contributed by atoms with Crippen LogP contribution in [0.3, 0.4) is 0 Å². The molecule has 1 atom stereocenters. The highest BCUT2D eigenvalue weighted by molar-refractivity contribution is 8.01. The van der Waals surface area contributed by atoms with E-state index in [2.05, 4.69) is 21.4 Å². The maximum absolute atomic E-state index is 13.2. The first-order chi connectivity index (χ1) is 14.6. The number of anilines is 2. The largest absolute Gasteiger partial charge is 0.383 e. The van der Waals surface area contributed by atoms with E-state index in [1.165, 1.54) is 0 Å². The first kappa shape index (κ1) is 20.8. The number of ether oxygens (including phenoxy) is 1. The zero-order chi connectivity index (χ0) is 20.9. The van der Waals surface area contributed by atoms with Gasteiger partial charge in [-0.05, 0) is 49.6 Å². The van der Waals surface area contributed by atoms with Crippen LogP contribution in [0, 0.1) is 6.92 Å². The minimum Gasteiger partial charge on any atom is -0.383 e. The third kappa shape index (κ3) is 4.83. The fourth-order valence-corrected chi connectivity index (χ4v) is 5.44. The molecule has 1 N–H and O–H groups in total. The summed E-state index contributed by atoms with van der Waals surface area (Å²) in [5, 5.41) is 4.00. The van der Waals surface area contributed by atoms with Crippen LogP contribution in [0.4, 0.5) is 10.9 Å². The average Bonchev–Trinajstić information content (AvgIpc) is 3.39. The summed E-state index contributed by atoms with van der Waals surface area (Å²) in [7, 11) is 1.69. The fourth-order valence-electron chi connectivity index (χ4n) is 3.55. The second-order valence-corrected chi connectivity index (χ2v) is 9.56. The van der Waals surface area contributed by atoms with Crippen LogP contribution < -0.4 is 5.32 Å². The van der Waals surface area contributed by atoms with Gasteiger partial charge in [0.25, 0.3) is 5.91 Å². The summed E-state index contributed by atoms with van der Waals surface area (Å²) in [6, 6.07) is 12.0. The van der Waals surface area contributed by atoms with Crippen molar-refractivity contribution in [3.8, 4) is 0 Å². The van der Waals surface area contributed by atoms with E-state index in [0.29, 0.717) is 6.61 Å². The van der Waals surface area contributed by atoms with Crippen LogP contribution in [0.5, 0.6) is 0 Å². The summed E-state index contributed by atoms with van der Waals surface area (Å²) in [6.07, 6.45) is 5.62. The Balaban J connectivity index is 1.48. The standard InChI is InChI=1S/C22H24N4O2S2/c1-15-8-9-17(12-18(15)21(27)26-11-5-6-16(26)14-28-2)29-20-13-24-22(30-20)25-19-7-3-4-10-23-19/h3-4,7-10,12-13,16H,5-6,11,14H2,1-2H3,(H,23,24,25)/t16-/m0/s1. The van der Waals surface area contributed by atoms with Gasteiger partial charge in [0.15, 0.2) is 5.13 Å². The molecule has 1 fully saturated rings. The van der Waals surface area contributed by atoms with Gasteiger partial charge in [0.1, 0.15) is 5.82 Å². The summed E-state index contributed by atoms with van der Waals surface area (Å²) in [5.74, 6) is 0.860. The lowest BCUT2D eigenvalue weighted by Crippen LogP contribution is -2.38. The number of hydrogen-bond donors (Lipinski definition) is 1. The Morgan fingerprint density at radius 3 is 3.03 bits per heavy atom. The molecule has 0 aliphatic carbocycles. The van der Waals surface area contributed by atoms with E-state index in [1.807, 2.05) is 48.4 Å². The van der Waals surface area contributed by atoms with Gasteiger partial charge in [0, 0.05) is 30.3 Å². The topological polar surface area (TPSA) is 67.3 Å². The van der Waals surface area contributed by atoms with Crippen molar-refractivity contribution < 1.29 is 9.53 Å². The summed E-state index contributed by atoms with van der Waals surface area (Å²) >= 11 is 3.18. The molecule has 0 saturated carbocycles. The monoisotopic (exact) mass is 440 g/mol. The van der Waals surface area contributed by atoms with Gasteiger partial charge in [-0.3, -0.25) is 4.79 Å². The maximum Gasteiger partial charge on any atom is 0.254 e. The molecule has 3 aromatic rings. The lowest BCUT2D eigenvalue weighted by Gasteiger charge is -2.25. The second kappa shape index (κ2) is 9.59. The van der Waals surface area contributed by atoms with Gasteiger partial charge in [-0.1, -0.05) is 35.2 Å². The number of aryl methyl sites for hydroxylation is 1. The molecule has 0 radical (unpaired) electrons. The number of nitrogens with zero attached hydrogens (tertiary/aromatic N) is 3. The molecule has 30 heavy (non-hydrogen) atoms. The number of amides is 1. The van der Waals surface area contributed by atoms with Crippen molar-refractivity contribution in [3.05, 3.63) is 59.9 Å². The molecular weight excluding hydrogens is 416 g/mol. The number of benzene rings is 1. The van der Waals surface area contributed by atoms with Gasteiger partial charge < -0.3 is 15.0 Å². The van der Waals surface area contributed by atoms with Crippen LogP contribution in [0.2, 0.25) is 0 Å². The van der Waals surface area contributed by atoms with E-state index in [4.69, 9.17) is 4.74 Å². The van der Waals surface area contributed by atoms with Crippen molar-refractivity contribution >= 4 is 40.0 Å². The van der Waals surface area contributed by atoms with Crippen LogP contribution >= 0.6 is 23.1 Å². The van der Waals surface area contributed by atoms with Crippen molar-refractivity contribution in [2.75, 3.05) is 25.6 Å². The zero-order valence-corrected chi connectivity index (χ0v) is 18.6. The first-order valence-electron chi connectivity index (χ1n) is 9.86. The number of likely N-dealkylation sites (tertiary alicyclic amines) is 1. The summed E-state index contributed by atoms with van der Waals surface area (Å²) < 4.78 is 6.36. The predicted molar refractivity (Wildman–Crippen MR) is 121 cm³/mol. The number of rotatable bonds is 7. The van der Waals surface area contributed by atoms with Crippen LogP contribution in [0.15, 0.2) is 57.9 Å². The van der Waals surface area contributed by atoms with Gasteiger partial charge >= 0.3 is 0 Å². The van der Waals surface area contributed by atoms with Gasteiger partial charge in [-0.2, -0.15) is 0 Å². The minimum atomic E-state index is 0.0938. The normalized spacial score (nSPS) is 16.1. The van der Waals surface area contributed by atoms with Crippen molar-refractivity contribution in [1.29, 1.82) is 0 Å². The highest BCUT2D eigenvalue weighted by atomic mass is 32.2. The Morgan fingerprint density at radius 2 is 2.23 bits per heavy atom. The van der Waals surface area contributed by atoms with Crippen LogP contribution in [0.25, 0.3) is 0 Å². The molecule has 0 spiro atoms. The number of hydrogen-bond acceptors (Lipinski definition) is 7. The predicted octanol–water partition coefficient (Wildman–Crippen LogP) is 4.99. The smallest absolute Gasteiger partial charge is 0.254 e. The average molecular weight is 441 g/mol. The number of nitrogens with one attached hydrogen (secondary N) is 1. The Kier molecular flexibility index (Phi) is 6.66. The molecule has 1 aliphatic rings. The zero-order valence-electron chi connectivity index (χ0n) is 17.0. The van der Waals surface area contributed by atoms with Crippen molar-refractivity contribution in [2.24, 2.45) is 0 Å². The van der Waals surface area contributed by atoms with E-state index >= 15 is 0 Å². The van der Waals surface area contributed by atoms with Gasteiger partial charge in [-0.15, -0.1) is 0 Å². The van der Waals surface area contributed by atoms with Crippen molar-refractivity contribution in [3.63, 3.8) is 0 Å². The molecule has 1 amide bonds. The molecular formula is C22H24N4O2S2. The molecule has 4 rings (SSSR count). The molecule has 2 aromatic heterocycles. The summed E-state index contributed by atoms with van der Waals surface area (Å²) in [6.45, 7) is 3.37. The fraction of sp³-hybridized carbons (Fsp3) is 0.318. The van der Waals surface area contributed by atoms with Gasteiger partial charge in [0.2, 0.25) is 0 Å². The first-order valence-corrected chi connectivity index (χ1v) is 11.5. The third-order valence-electron chi connectivity index (χ3n) is 5.04. The number of pyridine rings is 1. The van der Waals surface area contributed by atoms with E-state index in [-0.39, 0.29) is 11.9 Å². The van der Waals surface area contributed by atoms with Crippen LogP contribution in [0.1, 0.15) is 28.8 Å². The minimum absolute atomic E-state index is 0.0938. The number of aromatic nitrogens is 2. The van der Waals surface area contributed by atoms with E-state index in [1.54, 1.807) is 36.4 Å². The highest BCUT2D eigenvalue weighted by Crippen LogP contribution is 2.36. The Morgan fingerprint density at radius 1 is 1.33 bits per heavy atom. The molecule has 8 heteroatoms. The van der Waals surface area contributed by atoms with Crippen molar-refractivity contribution in [1.82, 2.24) is 14.9 Å². The SMILES string of the molecule is COC[C@@H]1CCCN1C(=O)c1cc(Sc2cnc(Nc3ccccn3)s2)ccc1C. The molecule has 3 heterocycles. The lowest BCUT2D eigenvalue weighted by atomic mass is 10.1. The number of carbonyl (C=O) groups excluding carboxylic acids is 1. The maximum atomic E-state index is 13.2. The van der Waals surface area contributed by atoms with E-state index in [0.717, 1.165) is 50.6 Å². The van der Waals surface area contributed by atoms with Gasteiger partial charge in [0.05, 0.1) is 23.1 Å². The Hall–Kier alpha value is -2.42. The molecule has 6 nitrogen and oxygen atoms in total.